The number of benzene rings is 2. The number of hydrogen-bond donors (Lipinski definition) is 0. The average molecular weight is 314 g/mol. The summed E-state index contributed by atoms with van der Waals surface area (Å²) in [6.45, 7) is 1.08. The summed E-state index contributed by atoms with van der Waals surface area (Å²) < 4.78 is 5.52. The summed E-state index contributed by atoms with van der Waals surface area (Å²) in [6, 6.07) is 16.8. The van der Waals surface area contributed by atoms with E-state index in [-0.39, 0.29) is 18.1 Å². The van der Waals surface area contributed by atoms with E-state index < -0.39 is 0 Å². The van der Waals surface area contributed by atoms with Crippen molar-refractivity contribution in [3.63, 3.8) is 0 Å². The Hall–Kier alpha value is -2.00. The molecule has 1 heterocycles. The second-order valence-electron chi connectivity index (χ2n) is 5.76. The first-order valence-corrected chi connectivity index (χ1v) is 8.00. The first-order chi connectivity index (χ1) is 10.8. The average Bonchev–Trinajstić information content (AvgIpc) is 3.29. The van der Waals surface area contributed by atoms with Gasteiger partial charge in [0, 0.05) is 18.3 Å². The van der Waals surface area contributed by atoms with Crippen LogP contribution in [0.3, 0.4) is 0 Å². The van der Waals surface area contributed by atoms with E-state index in [2.05, 4.69) is 24.3 Å². The van der Waals surface area contributed by atoms with Crippen molar-refractivity contribution in [3.8, 4) is 11.1 Å². The van der Waals surface area contributed by atoms with E-state index in [0.717, 1.165) is 0 Å². The van der Waals surface area contributed by atoms with Crippen LogP contribution in [0, 0.1) is 0 Å². The summed E-state index contributed by atoms with van der Waals surface area (Å²) in [6.07, 6.45) is -0.257. The highest BCUT2D eigenvalue weighted by Crippen LogP contribution is 2.44. The largest absolute Gasteiger partial charge is 0.448 e. The maximum atomic E-state index is 12.0. The molecule has 2 aromatic rings. The van der Waals surface area contributed by atoms with Crippen molar-refractivity contribution in [2.24, 2.45) is 0 Å². The van der Waals surface area contributed by atoms with Crippen LogP contribution < -0.4 is 0 Å². The molecule has 1 atom stereocenters. The predicted octanol–water partition coefficient (Wildman–Crippen LogP) is 3.86. The molecule has 0 bridgehead atoms. The topological polar surface area (TPSA) is 29.3 Å². The van der Waals surface area contributed by atoms with E-state index in [4.69, 9.17) is 16.3 Å². The Morgan fingerprint density at radius 3 is 2.23 bits per heavy atom. The molecule has 22 heavy (non-hydrogen) atoms. The maximum absolute atomic E-state index is 12.0. The fourth-order valence-electron chi connectivity index (χ4n) is 3.21. The van der Waals surface area contributed by atoms with Gasteiger partial charge in [0.15, 0.2) is 0 Å². The van der Waals surface area contributed by atoms with Crippen LogP contribution in [0.15, 0.2) is 48.5 Å². The van der Waals surface area contributed by atoms with Crippen LogP contribution in [0.4, 0.5) is 4.79 Å². The van der Waals surface area contributed by atoms with Gasteiger partial charge in [-0.15, -0.1) is 11.6 Å². The van der Waals surface area contributed by atoms with Gasteiger partial charge < -0.3 is 9.64 Å². The van der Waals surface area contributed by atoms with Gasteiger partial charge in [-0.1, -0.05) is 48.5 Å². The maximum Gasteiger partial charge on any atom is 0.410 e. The molecular weight excluding hydrogens is 298 g/mol. The number of nitrogens with zero attached hydrogens (tertiary/aromatic N) is 1. The summed E-state index contributed by atoms with van der Waals surface area (Å²) in [7, 11) is 0. The van der Waals surface area contributed by atoms with Crippen molar-refractivity contribution in [2.45, 2.75) is 12.0 Å². The Morgan fingerprint density at radius 1 is 1.09 bits per heavy atom. The zero-order chi connectivity index (χ0) is 15.1. The van der Waals surface area contributed by atoms with Gasteiger partial charge in [-0.2, -0.15) is 0 Å². The Bertz CT molecular complexity index is 685. The van der Waals surface area contributed by atoms with Crippen LogP contribution in [-0.2, 0) is 4.74 Å². The number of hydrogen-bond acceptors (Lipinski definition) is 2. The summed E-state index contributed by atoms with van der Waals surface area (Å²) in [5, 5.41) is 0. The number of carbonyl (C=O) groups is 1. The molecule has 0 unspecified atom stereocenters. The van der Waals surface area contributed by atoms with Crippen LogP contribution in [0.25, 0.3) is 11.1 Å². The molecule has 2 aliphatic rings. The van der Waals surface area contributed by atoms with E-state index in [0.29, 0.717) is 19.0 Å². The Balaban J connectivity index is 1.56. The third-order valence-corrected chi connectivity index (χ3v) is 4.82. The predicted molar refractivity (Wildman–Crippen MR) is 86.3 cm³/mol. The lowest BCUT2D eigenvalue weighted by Gasteiger charge is -2.14. The van der Waals surface area contributed by atoms with E-state index in [9.17, 15) is 4.79 Å². The van der Waals surface area contributed by atoms with Crippen molar-refractivity contribution in [2.75, 3.05) is 19.0 Å². The molecule has 1 amide bonds. The number of halogens is 1. The minimum Gasteiger partial charge on any atom is -0.448 e. The monoisotopic (exact) mass is 313 g/mol. The van der Waals surface area contributed by atoms with E-state index in [1.165, 1.54) is 22.3 Å². The van der Waals surface area contributed by atoms with E-state index >= 15 is 0 Å². The molecule has 0 radical (unpaired) electrons. The summed E-state index contributed by atoms with van der Waals surface area (Å²) in [5.74, 6) is 0.593. The summed E-state index contributed by atoms with van der Waals surface area (Å²) in [5.41, 5.74) is 4.95. The van der Waals surface area contributed by atoms with Crippen molar-refractivity contribution < 1.29 is 9.53 Å². The quantitative estimate of drug-likeness (QED) is 0.636. The van der Waals surface area contributed by atoms with Crippen molar-refractivity contribution in [1.82, 2.24) is 4.90 Å². The molecule has 1 fully saturated rings. The number of alkyl halides is 1. The van der Waals surface area contributed by atoms with Gasteiger partial charge in [-0.05, 0) is 22.3 Å². The molecule has 0 aromatic heterocycles. The molecule has 112 valence electrons. The van der Waals surface area contributed by atoms with E-state index in [1.54, 1.807) is 4.90 Å². The highest BCUT2D eigenvalue weighted by atomic mass is 35.5. The second-order valence-corrected chi connectivity index (χ2v) is 6.07. The highest BCUT2D eigenvalue weighted by molar-refractivity contribution is 6.18. The molecule has 1 saturated heterocycles. The third-order valence-electron chi connectivity index (χ3n) is 4.46. The lowest BCUT2D eigenvalue weighted by molar-refractivity contribution is 0.126. The minimum absolute atomic E-state index is 0.116. The van der Waals surface area contributed by atoms with Crippen LogP contribution in [-0.4, -0.2) is 36.1 Å². The number of fused-ring (bicyclic) bond motifs is 3. The molecule has 1 aliphatic heterocycles. The van der Waals surface area contributed by atoms with Crippen molar-refractivity contribution in [1.29, 1.82) is 0 Å². The van der Waals surface area contributed by atoms with Gasteiger partial charge in [0.25, 0.3) is 0 Å². The van der Waals surface area contributed by atoms with Crippen LogP contribution >= 0.6 is 11.6 Å². The first kappa shape index (κ1) is 13.6. The number of carbonyl (C=O) groups excluding carboxylic acids is 1. The molecule has 4 heteroatoms. The highest BCUT2D eigenvalue weighted by Gasteiger charge is 2.39. The first-order valence-electron chi connectivity index (χ1n) is 7.47. The lowest BCUT2D eigenvalue weighted by Crippen LogP contribution is -2.19. The number of rotatable bonds is 3. The SMILES string of the molecule is O=C(OCC1c2ccccc2-c2ccccc21)N1C[C@@H]1CCl. The Morgan fingerprint density at radius 2 is 1.68 bits per heavy atom. The molecule has 0 saturated carbocycles. The van der Waals surface area contributed by atoms with Gasteiger partial charge >= 0.3 is 6.09 Å². The molecule has 0 spiro atoms. The second kappa shape index (κ2) is 5.33. The Labute approximate surface area is 134 Å². The summed E-state index contributed by atoms with van der Waals surface area (Å²) in [4.78, 5) is 13.7. The molecular formula is C18H16ClNO2. The smallest absolute Gasteiger partial charge is 0.410 e. The summed E-state index contributed by atoms with van der Waals surface area (Å²) >= 11 is 5.75. The van der Waals surface area contributed by atoms with E-state index in [1.807, 2.05) is 24.3 Å². The lowest BCUT2D eigenvalue weighted by atomic mass is 9.98. The standard InChI is InChI=1S/C18H16ClNO2/c19-9-12-10-20(12)18(21)22-11-17-15-7-3-1-5-13(15)14-6-2-4-8-16(14)17/h1-8,12,17H,9-11H2/t12-,20?/m0/s1. The van der Waals surface area contributed by atoms with Gasteiger partial charge in [0.05, 0.1) is 6.04 Å². The van der Waals surface area contributed by atoms with Crippen molar-refractivity contribution in [3.05, 3.63) is 59.7 Å². The molecule has 0 N–H and O–H groups in total. The van der Waals surface area contributed by atoms with Gasteiger partial charge in [0.1, 0.15) is 6.61 Å². The fraction of sp³-hybridized carbons (Fsp3) is 0.278. The van der Waals surface area contributed by atoms with Crippen LogP contribution in [0.2, 0.25) is 0 Å². The molecule has 4 rings (SSSR count). The molecule has 2 aromatic carbocycles. The number of amides is 1. The third kappa shape index (κ3) is 2.17. The fourth-order valence-corrected chi connectivity index (χ4v) is 3.48. The van der Waals surface area contributed by atoms with Crippen molar-refractivity contribution >= 4 is 17.7 Å². The van der Waals surface area contributed by atoms with Crippen LogP contribution in [0.1, 0.15) is 17.0 Å². The zero-order valence-corrected chi connectivity index (χ0v) is 12.8. The Kier molecular flexibility index (Phi) is 3.30. The minimum atomic E-state index is -0.257. The number of ether oxygens (including phenoxy) is 1. The molecule has 3 nitrogen and oxygen atoms in total. The van der Waals surface area contributed by atoms with Crippen LogP contribution in [0.5, 0.6) is 0 Å². The van der Waals surface area contributed by atoms with Gasteiger partial charge in [0.2, 0.25) is 0 Å². The normalized spacial score (nSPS) is 18.8. The van der Waals surface area contributed by atoms with Gasteiger partial charge in [-0.3, -0.25) is 0 Å². The molecule has 1 aliphatic carbocycles. The zero-order valence-electron chi connectivity index (χ0n) is 12.0. The van der Waals surface area contributed by atoms with Gasteiger partial charge in [-0.25, -0.2) is 4.79 Å².